The molecule has 32 heavy (non-hydrogen) atoms. The predicted octanol–water partition coefficient (Wildman–Crippen LogP) is 7.30. The van der Waals surface area contributed by atoms with Gasteiger partial charge in [0.05, 0.1) is 10.0 Å². The number of hydrogen-bond acceptors (Lipinski definition) is 2. The van der Waals surface area contributed by atoms with Crippen LogP contribution in [-0.2, 0) is 11.3 Å². The minimum Gasteiger partial charge on any atom is -0.342 e. The van der Waals surface area contributed by atoms with E-state index in [-0.39, 0.29) is 5.57 Å². The van der Waals surface area contributed by atoms with Crippen LogP contribution < -0.4 is 5.32 Å². The van der Waals surface area contributed by atoms with Crippen molar-refractivity contribution in [3.05, 3.63) is 104 Å². The summed E-state index contributed by atoms with van der Waals surface area (Å²) in [4.78, 5) is 12.7. The highest BCUT2D eigenvalue weighted by Crippen LogP contribution is 2.27. The lowest BCUT2D eigenvalue weighted by Gasteiger charge is -2.06. The van der Waals surface area contributed by atoms with Gasteiger partial charge in [0, 0.05) is 39.4 Å². The van der Waals surface area contributed by atoms with Gasteiger partial charge in [-0.2, -0.15) is 5.26 Å². The third-order valence-electron chi connectivity index (χ3n) is 4.92. The summed E-state index contributed by atoms with van der Waals surface area (Å²) in [6.07, 6.45) is 3.54. The summed E-state index contributed by atoms with van der Waals surface area (Å²) in [6, 6.07) is 22.6. The van der Waals surface area contributed by atoms with E-state index in [1.807, 2.05) is 60.8 Å². The molecule has 4 nitrogen and oxygen atoms in total. The van der Waals surface area contributed by atoms with Crippen LogP contribution in [0.25, 0.3) is 17.0 Å². The zero-order chi connectivity index (χ0) is 22.7. The normalized spacial score (nSPS) is 11.4. The van der Waals surface area contributed by atoms with Crippen molar-refractivity contribution in [3.8, 4) is 6.07 Å². The van der Waals surface area contributed by atoms with Crippen molar-refractivity contribution in [2.45, 2.75) is 6.54 Å². The van der Waals surface area contributed by atoms with Gasteiger partial charge in [0.2, 0.25) is 0 Å². The molecular weight excluding hydrogens is 509 g/mol. The van der Waals surface area contributed by atoms with Gasteiger partial charge in [-0.25, -0.2) is 0 Å². The highest BCUT2D eigenvalue weighted by atomic mass is 79.9. The summed E-state index contributed by atoms with van der Waals surface area (Å²) < 4.78 is 2.96. The number of carbonyl (C=O) groups excluding carboxylic acids is 1. The molecule has 0 aliphatic rings. The highest BCUT2D eigenvalue weighted by Gasteiger charge is 2.13. The maximum Gasteiger partial charge on any atom is 0.266 e. The average molecular weight is 525 g/mol. The number of fused-ring (bicyclic) bond motifs is 1. The summed E-state index contributed by atoms with van der Waals surface area (Å²) in [5, 5.41) is 14.3. The van der Waals surface area contributed by atoms with Crippen LogP contribution in [0.5, 0.6) is 0 Å². The molecule has 0 aliphatic heterocycles. The number of rotatable bonds is 5. The van der Waals surface area contributed by atoms with Gasteiger partial charge < -0.3 is 9.88 Å². The van der Waals surface area contributed by atoms with E-state index < -0.39 is 5.91 Å². The van der Waals surface area contributed by atoms with Gasteiger partial charge in [0.15, 0.2) is 0 Å². The first-order valence-corrected chi connectivity index (χ1v) is 11.2. The second-order valence-corrected chi connectivity index (χ2v) is 8.84. The van der Waals surface area contributed by atoms with Crippen LogP contribution in [0, 0.1) is 11.3 Å². The average Bonchev–Trinajstić information content (AvgIpc) is 3.13. The summed E-state index contributed by atoms with van der Waals surface area (Å²) in [5.41, 5.74) is 3.38. The van der Waals surface area contributed by atoms with Crippen molar-refractivity contribution in [1.29, 1.82) is 5.26 Å². The molecule has 4 rings (SSSR count). The number of hydrogen-bond donors (Lipinski definition) is 1. The number of amides is 1. The molecule has 0 atom stereocenters. The second kappa shape index (κ2) is 9.62. The molecule has 0 fully saturated rings. The van der Waals surface area contributed by atoms with Gasteiger partial charge in [-0.15, -0.1) is 0 Å². The highest BCUT2D eigenvalue weighted by molar-refractivity contribution is 9.10. The Morgan fingerprint density at radius 2 is 1.81 bits per heavy atom. The zero-order valence-electron chi connectivity index (χ0n) is 16.6. The van der Waals surface area contributed by atoms with Crippen molar-refractivity contribution in [2.24, 2.45) is 0 Å². The molecule has 0 saturated heterocycles. The minimum absolute atomic E-state index is 0.0189. The van der Waals surface area contributed by atoms with Crippen LogP contribution in [0.2, 0.25) is 10.0 Å². The number of carbonyl (C=O) groups is 1. The first-order chi connectivity index (χ1) is 15.4. The molecule has 1 heterocycles. The number of anilines is 1. The van der Waals surface area contributed by atoms with Crippen LogP contribution in [0.15, 0.2) is 83.0 Å². The largest absolute Gasteiger partial charge is 0.342 e. The summed E-state index contributed by atoms with van der Waals surface area (Å²) in [5.74, 6) is -0.462. The van der Waals surface area contributed by atoms with Crippen LogP contribution in [0.4, 0.5) is 5.69 Å². The molecule has 1 aromatic heterocycles. The summed E-state index contributed by atoms with van der Waals surface area (Å²) in [7, 11) is 0. The molecule has 1 amide bonds. The number of halogens is 3. The maximum atomic E-state index is 12.7. The lowest BCUT2D eigenvalue weighted by Crippen LogP contribution is -2.13. The summed E-state index contributed by atoms with van der Waals surface area (Å²) >= 11 is 15.6. The molecule has 158 valence electrons. The Hall–Kier alpha value is -3.04. The Balaban J connectivity index is 1.67. The quantitative estimate of drug-likeness (QED) is 0.220. The van der Waals surface area contributed by atoms with E-state index in [1.165, 1.54) is 0 Å². The molecule has 7 heteroatoms. The molecular formula is C25H16BrCl2N3O. The van der Waals surface area contributed by atoms with Crippen LogP contribution in [0.3, 0.4) is 0 Å². The van der Waals surface area contributed by atoms with E-state index >= 15 is 0 Å². The topological polar surface area (TPSA) is 57.8 Å². The summed E-state index contributed by atoms with van der Waals surface area (Å²) in [6.45, 7) is 0.568. The molecule has 0 radical (unpaired) electrons. The standard InChI is InChI=1S/C25H16BrCl2N3O/c26-19-6-8-20(9-7-19)30-25(32)17(13-29)12-18-15-31(24-4-2-1-3-21(18)24)14-16-5-10-22(27)23(28)11-16/h1-12,15H,14H2,(H,30,32)/b17-12-. The fourth-order valence-corrected chi connectivity index (χ4v) is 3.98. The maximum absolute atomic E-state index is 12.7. The number of nitriles is 1. The van der Waals surface area contributed by atoms with Gasteiger partial charge in [-0.1, -0.05) is 63.4 Å². The van der Waals surface area contributed by atoms with E-state index in [2.05, 4.69) is 25.8 Å². The molecule has 0 aliphatic carbocycles. The Morgan fingerprint density at radius 1 is 1.06 bits per heavy atom. The number of nitrogens with one attached hydrogen (secondary N) is 1. The molecule has 4 aromatic rings. The first kappa shape index (κ1) is 22.2. The Kier molecular flexibility index (Phi) is 6.66. The van der Waals surface area contributed by atoms with Crippen molar-refractivity contribution < 1.29 is 4.79 Å². The van der Waals surface area contributed by atoms with Gasteiger partial charge in [-0.05, 0) is 54.1 Å². The van der Waals surface area contributed by atoms with Gasteiger partial charge in [0.1, 0.15) is 11.6 Å². The minimum atomic E-state index is -0.462. The Labute approximate surface area is 203 Å². The van der Waals surface area contributed by atoms with Crippen molar-refractivity contribution >= 4 is 67.7 Å². The third kappa shape index (κ3) is 4.89. The molecule has 3 aromatic carbocycles. The fraction of sp³-hybridized carbons (Fsp3) is 0.0400. The number of aromatic nitrogens is 1. The first-order valence-electron chi connectivity index (χ1n) is 9.65. The van der Waals surface area contributed by atoms with Gasteiger partial charge in [0.25, 0.3) is 5.91 Å². The Bertz CT molecular complexity index is 1380. The predicted molar refractivity (Wildman–Crippen MR) is 134 cm³/mol. The van der Waals surface area contributed by atoms with Crippen LogP contribution >= 0.6 is 39.1 Å². The molecule has 1 N–H and O–H groups in total. The lowest BCUT2D eigenvalue weighted by atomic mass is 10.1. The number of nitrogens with zero attached hydrogens (tertiary/aromatic N) is 2. The number of para-hydroxylation sites is 1. The second-order valence-electron chi connectivity index (χ2n) is 7.11. The smallest absolute Gasteiger partial charge is 0.266 e. The van der Waals surface area contributed by atoms with E-state index in [4.69, 9.17) is 23.2 Å². The Morgan fingerprint density at radius 3 is 2.53 bits per heavy atom. The molecule has 0 saturated carbocycles. The molecule has 0 bridgehead atoms. The number of benzene rings is 3. The van der Waals surface area contributed by atoms with E-state index in [9.17, 15) is 10.1 Å². The molecule has 0 unspecified atom stereocenters. The molecule has 0 spiro atoms. The van der Waals surface area contributed by atoms with Crippen LogP contribution in [0.1, 0.15) is 11.1 Å². The monoisotopic (exact) mass is 523 g/mol. The van der Waals surface area contributed by atoms with E-state index in [1.54, 1.807) is 24.3 Å². The van der Waals surface area contributed by atoms with Gasteiger partial charge in [-0.3, -0.25) is 4.79 Å². The van der Waals surface area contributed by atoms with Gasteiger partial charge >= 0.3 is 0 Å². The van der Waals surface area contributed by atoms with Crippen LogP contribution in [-0.4, -0.2) is 10.5 Å². The fourth-order valence-electron chi connectivity index (χ4n) is 3.39. The van der Waals surface area contributed by atoms with Crippen molar-refractivity contribution in [2.75, 3.05) is 5.32 Å². The van der Waals surface area contributed by atoms with E-state index in [0.29, 0.717) is 22.3 Å². The van der Waals surface area contributed by atoms with Crippen molar-refractivity contribution in [3.63, 3.8) is 0 Å². The zero-order valence-corrected chi connectivity index (χ0v) is 19.7. The lowest BCUT2D eigenvalue weighted by molar-refractivity contribution is -0.112. The van der Waals surface area contributed by atoms with Crippen molar-refractivity contribution in [1.82, 2.24) is 4.57 Å². The third-order valence-corrected chi connectivity index (χ3v) is 6.19. The van der Waals surface area contributed by atoms with E-state index in [0.717, 1.165) is 26.5 Å². The SMILES string of the molecule is N#C/C(=C/c1cn(Cc2ccc(Cl)c(Cl)c2)c2ccccc12)C(=O)Nc1ccc(Br)cc1.